The van der Waals surface area contributed by atoms with E-state index in [1.165, 1.54) is 11.3 Å². The molecule has 0 spiro atoms. The third-order valence-corrected chi connectivity index (χ3v) is 6.26. The fraction of sp³-hybridized carbons (Fsp3) is 0.217. The van der Waals surface area contributed by atoms with Gasteiger partial charge < -0.3 is 9.47 Å². The van der Waals surface area contributed by atoms with Crippen molar-refractivity contribution in [3.8, 4) is 16.3 Å². The molecule has 0 atom stereocenters. The summed E-state index contributed by atoms with van der Waals surface area (Å²) in [5.41, 5.74) is 5.68. The Morgan fingerprint density at radius 1 is 1.00 bits per heavy atom. The molecule has 2 aromatic carbocycles. The Bertz CT molecular complexity index is 1320. The molecule has 0 bridgehead atoms. The molecule has 0 unspecified atom stereocenters. The average molecular weight is 469 g/mol. The molecule has 32 heavy (non-hydrogen) atoms. The molecule has 9 heteroatoms. The van der Waals surface area contributed by atoms with E-state index in [0.29, 0.717) is 26.5 Å². The number of amides is 1. The first-order valence-corrected chi connectivity index (χ1v) is 11.0. The van der Waals surface area contributed by atoms with Crippen molar-refractivity contribution in [3.05, 3.63) is 64.1 Å². The minimum absolute atomic E-state index is 0.117. The van der Waals surface area contributed by atoms with E-state index in [1.807, 2.05) is 45.0 Å². The molecule has 0 fully saturated rings. The summed E-state index contributed by atoms with van der Waals surface area (Å²) in [5.74, 6) is 0.616. The monoisotopic (exact) mass is 468 g/mol. The number of halogens is 1. The highest BCUT2D eigenvalue weighted by atomic mass is 35.5. The van der Waals surface area contributed by atoms with Crippen LogP contribution in [0.1, 0.15) is 22.6 Å². The molecule has 164 valence electrons. The zero-order valence-corrected chi connectivity index (χ0v) is 19.6. The number of fused-ring (bicyclic) bond motifs is 1. The first-order valence-electron chi connectivity index (χ1n) is 9.83. The Hall–Kier alpha value is -3.23. The molecular weight excluding hydrogens is 448 g/mol. The lowest BCUT2D eigenvalue weighted by molar-refractivity contribution is 0.155. The first-order chi connectivity index (χ1) is 15.3. The van der Waals surface area contributed by atoms with Crippen LogP contribution in [-0.2, 0) is 11.3 Å². The molecule has 2 aromatic heterocycles. The van der Waals surface area contributed by atoms with Crippen molar-refractivity contribution in [3.63, 3.8) is 0 Å². The highest BCUT2D eigenvalue weighted by molar-refractivity contribution is 7.19. The van der Waals surface area contributed by atoms with Crippen LogP contribution in [0.3, 0.4) is 0 Å². The van der Waals surface area contributed by atoms with Crippen LogP contribution in [0.2, 0.25) is 5.02 Å². The molecule has 0 saturated carbocycles. The van der Waals surface area contributed by atoms with Crippen molar-refractivity contribution in [1.29, 1.82) is 0 Å². The highest BCUT2D eigenvalue weighted by Gasteiger charge is 2.16. The maximum atomic E-state index is 12.4. The number of hydrogen-bond acceptors (Lipinski definition) is 7. The summed E-state index contributed by atoms with van der Waals surface area (Å²) in [7, 11) is 1.58. The Morgan fingerprint density at radius 3 is 2.50 bits per heavy atom. The number of nitrogens with one attached hydrogen (secondary N) is 1. The van der Waals surface area contributed by atoms with Gasteiger partial charge in [-0.2, -0.15) is 0 Å². The summed E-state index contributed by atoms with van der Waals surface area (Å²) in [6, 6.07) is 11.0. The van der Waals surface area contributed by atoms with Crippen LogP contribution in [0.4, 0.5) is 9.80 Å². The Kier molecular flexibility index (Phi) is 6.25. The van der Waals surface area contributed by atoms with Gasteiger partial charge in [0.1, 0.15) is 22.4 Å². The predicted molar refractivity (Wildman–Crippen MR) is 127 cm³/mol. The van der Waals surface area contributed by atoms with Crippen LogP contribution in [0.25, 0.3) is 21.6 Å². The number of rotatable bonds is 5. The molecule has 0 aliphatic carbocycles. The molecule has 2 heterocycles. The van der Waals surface area contributed by atoms with Gasteiger partial charge in [-0.15, -0.1) is 0 Å². The minimum Gasteiger partial charge on any atom is -0.496 e. The van der Waals surface area contributed by atoms with Crippen molar-refractivity contribution in [2.45, 2.75) is 27.4 Å². The number of carbonyl (C=O) groups is 1. The van der Waals surface area contributed by atoms with Gasteiger partial charge in [0.2, 0.25) is 0 Å². The topological polar surface area (TPSA) is 86.2 Å². The molecule has 4 aromatic rings. The average Bonchev–Trinajstić information content (AvgIpc) is 3.12. The van der Waals surface area contributed by atoms with E-state index in [9.17, 15) is 4.79 Å². The number of anilines is 1. The van der Waals surface area contributed by atoms with Crippen molar-refractivity contribution < 1.29 is 14.3 Å². The van der Waals surface area contributed by atoms with E-state index < -0.39 is 6.09 Å². The molecule has 4 rings (SSSR count). The zero-order chi connectivity index (χ0) is 22.8. The number of carbonyl (C=O) groups excluding carboxylic acids is 1. The van der Waals surface area contributed by atoms with E-state index in [1.54, 1.807) is 19.2 Å². The second-order valence-corrected chi connectivity index (χ2v) is 8.63. The lowest BCUT2D eigenvalue weighted by Crippen LogP contribution is -2.13. The minimum atomic E-state index is -0.558. The molecule has 0 aliphatic rings. The van der Waals surface area contributed by atoms with Crippen molar-refractivity contribution >= 4 is 45.1 Å². The highest BCUT2D eigenvalue weighted by Crippen LogP contribution is 2.38. The van der Waals surface area contributed by atoms with Crippen LogP contribution in [0, 0.1) is 20.8 Å². The second kappa shape index (κ2) is 9.10. The normalized spacial score (nSPS) is 10.9. The summed E-state index contributed by atoms with van der Waals surface area (Å²) >= 11 is 7.38. The lowest BCUT2D eigenvalue weighted by Gasteiger charge is -2.08. The third kappa shape index (κ3) is 4.66. The maximum Gasteiger partial charge on any atom is 0.412 e. The summed E-state index contributed by atoms with van der Waals surface area (Å²) in [6.45, 7) is 5.79. The third-order valence-electron chi connectivity index (χ3n) is 4.92. The number of benzene rings is 2. The Balaban J connectivity index is 1.45. The zero-order valence-electron chi connectivity index (χ0n) is 18.0. The van der Waals surface area contributed by atoms with Crippen LogP contribution in [0.5, 0.6) is 5.75 Å². The maximum absolute atomic E-state index is 12.4. The lowest BCUT2D eigenvalue weighted by atomic mass is 10.2. The number of aryl methyl sites for hydroxylation is 3. The van der Waals surface area contributed by atoms with Crippen molar-refractivity contribution in [2.75, 3.05) is 12.4 Å². The summed E-state index contributed by atoms with van der Waals surface area (Å²) < 4.78 is 10.8. The van der Waals surface area contributed by atoms with Gasteiger partial charge in [-0.25, -0.2) is 19.7 Å². The van der Waals surface area contributed by atoms with E-state index in [2.05, 4.69) is 20.3 Å². The fourth-order valence-electron chi connectivity index (χ4n) is 3.11. The number of thiazole rings is 1. The van der Waals surface area contributed by atoms with Gasteiger partial charge in [-0.1, -0.05) is 29.0 Å². The van der Waals surface area contributed by atoms with Crippen LogP contribution in [-0.4, -0.2) is 28.2 Å². The number of hydrogen-bond donors (Lipinski definition) is 1. The van der Waals surface area contributed by atoms with Gasteiger partial charge >= 0.3 is 6.09 Å². The van der Waals surface area contributed by atoms with Gasteiger partial charge in [0, 0.05) is 5.02 Å². The smallest absolute Gasteiger partial charge is 0.412 e. The van der Waals surface area contributed by atoms with E-state index >= 15 is 0 Å². The molecule has 0 aliphatic heterocycles. The van der Waals surface area contributed by atoms with Gasteiger partial charge in [0.05, 0.1) is 40.8 Å². The Labute approximate surface area is 194 Å². The van der Waals surface area contributed by atoms with Crippen molar-refractivity contribution in [1.82, 2.24) is 15.0 Å². The van der Waals surface area contributed by atoms with Crippen molar-refractivity contribution in [2.24, 2.45) is 0 Å². The van der Waals surface area contributed by atoms with Crippen LogP contribution >= 0.6 is 22.9 Å². The summed E-state index contributed by atoms with van der Waals surface area (Å²) in [5, 5.41) is 4.67. The predicted octanol–water partition coefficient (Wildman–Crippen LogP) is 6.09. The summed E-state index contributed by atoms with van der Waals surface area (Å²) in [6.07, 6.45) is -0.558. The number of nitrogens with zero attached hydrogens (tertiary/aromatic N) is 3. The summed E-state index contributed by atoms with van der Waals surface area (Å²) in [4.78, 5) is 26.0. The van der Waals surface area contributed by atoms with Gasteiger partial charge in [0.15, 0.2) is 0 Å². The largest absolute Gasteiger partial charge is 0.496 e. The van der Waals surface area contributed by atoms with E-state index in [-0.39, 0.29) is 6.61 Å². The number of aromatic nitrogens is 3. The van der Waals surface area contributed by atoms with Gasteiger partial charge in [-0.3, -0.25) is 5.32 Å². The number of methoxy groups -OCH3 is 1. The molecule has 1 amide bonds. The molecule has 0 radical (unpaired) electrons. The Morgan fingerprint density at radius 2 is 1.75 bits per heavy atom. The van der Waals surface area contributed by atoms with Crippen LogP contribution in [0.15, 0.2) is 36.4 Å². The van der Waals surface area contributed by atoms with E-state index in [4.69, 9.17) is 21.1 Å². The SMILES string of the molecule is COc1cc(Cl)ccc1-c1nc(C)c(NC(=O)OCc2ccc3nc(C)c(C)nc3c2)s1. The fourth-order valence-corrected chi connectivity index (χ4v) is 4.26. The molecule has 7 nitrogen and oxygen atoms in total. The second-order valence-electron chi connectivity index (χ2n) is 7.20. The molecular formula is C23H21ClN4O3S. The standard InChI is InChI=1S/C23H21ClN4O3S/c1-12-13(2)26-19-9-15(5-8-18(19)25-12)11-31-23(29)28-21-14(3)27-22(32-21)17-7-6-16(24)10-20(17)30-4/h5-10H,11H2,1-4H3,(H,28,29). The molecule has 0 saturated heterocycles. The van der Waals surface area contributed by atoms with Gasteiger partial charge in [-0.05, 0) is 56.7 Å². The van der Waals surface area contributed by atoms with Gasteiger partial charge in [0.25, 0.3) is 0 Å². The number of ether oxygens (including phenoxy) is 2. The van der Waals surface area contributed by atoms with E-state index in [0.717, 1.165) is 33.5 Å². The van der Waals surface area contributed by atoms with Crippen LogP contribution < -0.4 is 10.1 Å². The molecule has 1 N–H and O–H groups in total. The quantitative estimate of drug-likeness (QED) is 0.381. The first kappa shape index (κ1) is 22.0.